The van der Waals surface area contributed by atoms with Gasteiger partial charge in [0.15, 0.2) is 0 Å². The number of aryl methyl sites for hydroxylation is 2. The molecule has 1 aliphatic rings. The van der Waals surface area contributed by atoms with Gasteiger partial charge in [-0.15, -0.1) is 0 Å². The van der Waals surface area contributed by atoms with Gasteiger partial charge in [0, 0.05) is 7.05 Å². The van der Waals surface area contributed by atoms with Crippen molar-refractivity contribution in [1.29, 1.82) is 0 Å². The van der Waals surface area contributed by atoms with Gasteiger partial charge in [-0.25, -0.2) is 13.1 Å². The van der Waals surface area contributed by atoms with Gasteiger partial charge < -0.3 is 0 Å². The quantitative estimate of drug-likeness (QED) is 0.944. The lowest BCUT2D eigenvalue weighted by Gasteiger charge is -2.19. The molecule has 6 heteroatoms. The van der Waals surface area contributed by atoms with E-state index in [-0.39, 0.29) is 12.0 Å². The van der Waals surface area contributed by atoms with Crippen molar-refractivity contribution in [3.8, 4) is 0 Å². The minimum Gasteiger partial charge on any atom is -0.271 e. The molecule has 2 atom stereocenters. The van der Waals surface area contributed by atoms with E-state index in [1.54, 1.807) is 25.6 Å². The van der Waals surface area contributed by atoms with Crippen LogP contribution < -0.4 is 4.72 Å². The predicted octanol–water partition coefficient (Wildman–Crippen LogP) is 2.25. The van der Waals surface area contributed by atoms with Crippen LogP contribution in [0.1, 0.15) is 35.5 Å². The fourth-order valence-electron chi connectivity index (χ4n) is 3.34. The molecule has 1 aliphatic carbocycles. The summed E-state index contributed by atoms with van der Waals surface area (Å²) < 4.78 is 30.2. The van der Waals surface area contributed by atoms with Crippen LogP contribution in [0.3, 0.4) is 0 Å². The van der Waals surface area contributed by atoms with Gasteiger partial charge in [0.2, 0.25) is 10.0 Å². The van der Waals surface area contributed by atoms with Crippen LogP contribution in [0, 0.1) is 19.8 Å². The highest BCUT2D eigenvalue weighted by Crippen LogP contribution is 2.37. The molecule has 0 aliphatic heterocycles. The number of hydrogen-bond acceptors (Lipinski definition) is 3. The van der Waals surface area contributed by atoms with Crippen molar-refractivity contribution in [2.24, 2.45) is 13.0 Å². The van der Waals surface area contributed by atoms with Gasteiger partial charge in [-0.2, -0.15) is 5.10 Å². The number of sulfonamides is 1. The molecular formula is C16H21N3O2S. The number of aromatic nitrogens is 2. The number of hydrogen-bond donors (Lipinski definition) is 1. The molecule has 0 unspecified atom stereocenters. The molecule has 0 amide bonds. The van der Waals surface area contributed by atoms with E-state index in [0.717, 1.165) is 12.0 Å². The summed E-state index contributed by atoms with van der Waals surface area (Å²) in [5, 5.41) is 4.21. The molecule has 5 nitrogen and oxygen atoms in total. The number of nitrogens with one attached hydrogen (secondary N) is 1. The lowest BCUT2D eigenvalue weighted by Crippen LogP contribution is -2.31. The van der Waals surface area contributed by atoms with Crippen molar-refractivity contribution in [2.45, 2.75) is 38.1 Å². The molecule has 22 heavy (non-hydrogen) atoms. The van der Waals surface area contributed by atoms with Crippen LogP contribution in [-0.4, -0.2) is 18.2 Å². The van der Waals surface area contributed by atoms with Gasteiger partial charge in [-0.05, 0) is 37.3 Å². The predicted molar refractivity (Wildman–Crippen MR) is 85.1 cm³/mol. The summed E-state index contributed by atoms with van der Waals surface area (Å²) in [6.07, 6.45) is 0.897. The molecule has 1 heterocycles. The molecule has 0 bridgehead atoms. The molecule has 1 aromatic heterocycles. The van der Waals surface area contributed by atoms with Crippen molar-refractivity contribution in [3.63, 3.8) is 0 Å². The molecule has 1 aromatic carbocycles. The smallest absolute Gasteiger partial charge is 0.244 e. The summed E-state index contributed by atoms with van der Waals surface area (Å²) in [4.78, 5) is 0.298. The number of nitrogens with zero attached hydrogens (tertiary/aromatic N) is 2. The van der Waals surface area contributed by atoms with E-state index in [0.29, 0.717) is 16.3 Å². The summed E-state index contributed by atoms with van der Waals surface area (Å²) in [7, 11) is -1.83. The Labute approximate surface area is 131 Å². The number of benzene rings is 1. The first-order valence-electron chi connectivity index (χ1n) is 7.41. The first-order chi connectivity index (χ1) is 10.3. The maximum atomic E-state index is 12.8. The van der Waals surface area contributed by atoms with E-state index < -0.39 is 10.0 Å². The Bertz CT molecular complexity index is 824. The Hall–Kier alpha value is -1.66. The lowest BCUT2D eigenvalue weighted by atomic mass is 10.0. The first-order valence-corrected chi connectivity index (χ1v) is 8.90. The average Bonchev–Trinajstić information content (AvgIpc) is 2.88. The van der Waals surface area contributed by atoms with Crippen LogP contribution in [0.4, 0.5) is 0 Å². The van der Waals surface area contributed by atoms with Crippen LogP contribution in [0.5, 0.6) is 0 Å². The van der Waals surface area contributed by atoms with Gasteiger partial charge >= 0.3 is 0 Å². The van der Waals surface area contributed by atoms with E-state index in [1.165, 1.54) is 5.56 Å². The summed E-state index contributed by atoms with van der Waals surface area (Å²) in [5.41, 5.74) is 3.50. The topological polar surface area (TPSA) is 64.0 Å². The molecule has 0 saturated heterocycles. The van der Waals surface area contributed by atoms with Crippen molar-refractivity contribution in [2.75, 3.05) is 0 Å². The Morgan fingerprint density at radius 1 is 1.27 bits per heavy atom. The molecule has 0 radical (unpaired) electrons. The van der Waals surface area contributed by atoms with Crippen LogP contribution in [0.2, 0.25) is 0 Å². The van der Waals surface area contributed by atoms with Gasteiger partial charge in [-0.3, -0.25) is 4.68 Å². The second kappa shape index (κ2) is 5.21. The Kier molecular flexibility index (Phi) is 3.61. The molecule has 2 aromatic rings. The fraction of sp³-hybridized carbons (Fsp3) is 0.438. The third-order valence-corrected chi connectivity index (χ3v) is 6.19. The van der Waals surface area contributed by atoms with E-state index in [9.17, 15) is 8.42 Å². The van der Waals surface area contributed by atoms with E-state index in [2.05, 4.69) is 22.8 Å². The third-order valence-electron chi connectivity index (χ3n) is 4.49. The highest BCUT2D eigenvalue weighted by molar-refractivity contribution is 7.89. The Morgan fingerprint density at radius 3 is 2.59 bits per heavy atom. The van der Waals surface area contributed by atoms with Gasteiger partial charge in [0.1, 0.15) is 4.90 Å². The van der Waals surface area contributed by atoms with Crippen molar-refractivity contribution in [3.05, 3.63) is 46.8 Å². The standard InChI is InChI=1S/C16H21N3O2S/c1-10-9-13-7-5-6-8-14(13)15(10)18-22(20,21)16-11(2)17-19(4)12(16)3/h5-8,10,15,18H,9H2,1-4H3/t10-,15-/m1/s1. The summed E-state index contributed by atoms with van der Waals surface area (Å²) in [6.45, 7) is 5.59. The number of fused-ring (bicyclic) bond motifs is 1. The molecule has 1 N–H and O–H groups in total. The minimum atomic E-state index is -3.59. The molecule has 0 fully saturated rings. The molecule has 0 saturated carbocycles. The SMILES string of the molecule is Cc1nn(C)c(C)c1S(=O)(=O)N[C@H]1c2ccccc2C[C@H]1C. The fourth-order valence-corrected chi connectivity index (χ4v) is 5.11. The van der Waals surface area contributed by atoms with Crippen LogP contribution >= 0.6 is 0 Å². The molecular weight excluding hydrogens is 298 g/mol. The zero-order chi connectivity index (χ0) is 16.1. The third kappa shape index (κ3) is 2.36. The zero-order valence-electron chi connectivity index (χ0n) is 13.3. The summed E-state index contributed by atoms with van der Waals surface area (Å²) >= 11 is 0. The summed E-state index contributed by atoms with van der Waals surface area (Å²) in [5.74, 6) is 0.240. The van der Waals surface area contributed by atoms with Crippen molar-refractivity contribution >= 4 is 10.0 Å². The molecule has 118 valence electrons. The van der Waals surface area contributed by atoms with Gasteiger partial charge in [-0.1, -0.05) is 31.2 Å². The van der Waals surface area contributed by atoms with Gasteiger partial charge in [0.25, 0.3) is 0 Å². The highest BCUT2D eigenvalue weighted by Gasteiger charge is 2.34. The van der Waals surface area contributed by atoms with E-state index >= 15 is 0 Å². The first kappa shape index (κ1) is 15.2. The van der Waals surface area contributed by atoms with Crippen LogP contribution in [0.15, 0.2) is 29.2 Å². The largest absolute Gasteiger partial charge is 0.271 e. The minimum absolute atomic E-state index is 0.180. The van der Waals surface area contributed by atoms with E-state index in [4.69, 9.17) is 0 Å². The maximum Gasteiger partial charge on any atom is 0.244 e. The summed E-state index contributed by atoms with van der Waals surface area (Å²) in [6, 6.07) is 7.85. The molecule has 3 rings (SSSR count). The van der Waals surface area contributed by atoms with Crippen molar-refractivity contribution < 1.29 is 8.42 Å². The Balaban J connectivity index is 1.99. The zero-order valence-corrected chi connectivity index (χ0v) is 14.1. The second-order valence-electron chi connectivity index (χ2n) is 6.10. The van der Waals surface area contributed by atoms with Crippen molar-refractivity contribution in [1.82, 2.24) is 14.5 Å². The average molecular weight is 319 g/mol. The lowest BCUT2D eigenvalue weighted by molar-refractivity contribution is 0.465. The van der Waals surface area contributed by atoms with E-state index in [1.807, 2.05) is 18.2 Å². The molecule has 0 spiro atoms. The normalized spacial score (nSPS) is 21.1. The number of rotatable bonds is 3. The highest BCUT2D eigenvalue weighted by atomic mass is 32.2. The monoisotopic (exact) mass is 319 g/mol. The second-order valence-corrected chi connectivity index (χ2v) is 7.75. The van der Waals surface area contributed by atoms with Gasteiger partial charge in [0.05, 0.1) is 17.4 Å². The maximum absolute atomic E-state index is 12.8. The van der Waals surface area contributed by atoms with Crippen LogP contribution in [0.25, 0.3) is 0 Å². The Morgan fingerprint density at radius 2 is 1.95 bits per heavy atom. The van der Waals surface area contributed by atoms with Crippen LogP contribution in [-0.2, 0) is 23.5 Å².